The van der Waals surface area contributed by atoms with Crippen LogP contribution in [0.3, 0.4) is 0 Å². The maximum absolute atomic E-state index is 10.9. The third-order valence-electron chi connectivity index (χ3n) is 3.73. The predicted octanol–water partition coefficient (Wildman–Crippen LogP) is 4.02. The average Bonchev–Trinajstić information content (AvgIpc) is 2.42. The lowest BCUT2D eigenvalue weighted by molar-refractivity contribution is -0.139. The van der Waals surface area contributed by atoms with Crippen molar-refractivity contribution in [1.82, 2.24) is 5.32 Å². The SMILES string of the molecule is CCCCCCCCCC[C@H]1N[C@@H](C(=O)O)CCS1. The quantitative estimate of drug-likeness (QED) is 0.596. The third-order valence-corrected chi connectivity index (χ3v) is 4.98. The van der Waals surface area contributed by atoms with Crippen LogP contribution >= 0.6 is 11.8 Å². The Morgan fingerprint density at radius 3 is 2.42 bits per heavy atom. The normalized spacial score (nSPS) is 23.4. The van der Waals surface area contributed by atoms with Crippen LogP contribution in [0.2, 0.25) is 0 Å². The molecule has 112 valence electrons. The molecule has 0 spiro atoms. The smallest absolute Gasteiger partial charge is 0.320 e. The summed E-state index contributed by atoms with van der Waals surface area (Å²) >= 11 is 1.88. The van der Waals surface area contributed by atoms with Crippen molar-refractivity contribution in [3.05, 3.63) is 0 Å². The molecule has 0 bridgehead atoms. The highest BCUT2D eigenvalue weighted by Gasteiger charge is 2.25. The van der Waals surface area contributed by atoms with Gasteiger partial charge in [-0.2, -0.15) is 0 Å². The molecular formula is C15H29NO2S. The monoisotopic (exact) mass is 287 g/mol. The van der Waals surface area contributed by atoms with Crippen molar-refractivity contribution < 1.29 is 9.90 Å². The second kappa shape index (κ2) is 10.6. The van der Waals surface area contributed by atoms with Crippen molar-refractivity contribution in [2.45, 2.75) is 82.5 Å². The Bertz CT molecular complexity index is 248. The minimum Gasteiger partial charge on any atom is -0.480 e. The molecule has 2 N–H and O–H groups in total. The number of rotatable bonds is 10. The molecule has 0 unspecified atom stereocenters. The first-order valence-corrected chi connectivity index (χ1v) is 8.89. The predicted molar refractivity (Wildman–Crippen MR) is 82.6 cm³/mol. The van der Waals surface area contributed by atoms with Gasteiger partial charge in [-0.15, -0.1) is 11.8 Å². The molecule has 0 aromatic rings. The second-order valence-electron chi connectivity index (χ2n) is 5.47. The van der Waals surface area contributed by atoms with Crippen molar-refractivity contribution in [2.24, 2.45) is 0 Å². The zero-order valence-electron chi connectivity index (χ0n) is 12.2. The van der Waals surface area contributed by atoms with Gasteiger partial charge in [0.2, 0.25) is 0 Å². The molecule has 0 aliphatic carbocycles. The van der Waals surface area contributed by atoms with Crippen molar-refractivity contribution >= 4 is 17.7 Å². The van der Waals surface area contributed by atoms with Gasteiger partial charge < -0.3 is 5.11 Å². The molecule has 4 heteroatoms. The number of hydrogen-bond acceptors (Lipinski definition) is 3. The van der Waals surface area contributed by atoms with Crippen LogP contribution < -0.4 is 5.32 Å². The Balaban J connectivity index is 1.95. The van der Waals surface area contributed by atoms with Gasteiger partial charge in [0, 0.05) is 0 Å². The highest BCUT2D eigenvalue weighted by Crippen LogP contribution is 2.23. The molecule has 0 amide bonds. The fourth-order valence-corrected chi connectivity index (χ4v) is 3.76. The minimum absolute atomic E-state index is 0.319. The molecule has 3 nitrogen and oxygen atoms in total. The molecule has 1 aliphatic heterocycles. The number of aliphatic carboxylic acids is 1. The van der Waals surface area contributed by atoms with E-state index >= 15 is 0 Å². The Hall–Kier alpha value is -0.220. The number of carboxylic acid groups (broad SMARTS) is 1. The van der Waals surface area contributed by atoms with Crippen LogP contribution in [-0.2, 0) is 4.79 Å². The number of nitrogens with one attached hydrogen (secondary N) is 1. The summed E-state index contributed by atoms with van der Waals surface area (Å²) in [5.41, 5.74) is 0. The van der Waals surface area contributed by atoms with Crippen molar-refractivity contribution in [2.75, 3.05) is 5.75 Å². The first kappa shape index (κ1) is 16.8. The molecule has 1 rings (SSSR count). The van der Waals surface area contributed by atoms with E-state index in [1.807, 2.05) is 11.8 Å². The summed E-state index contributed by atoms with van der Waals surface area (Å²) in [7, 11) is 0. The first-order valence-electron chi connectivity index (χ1n) is 7.84. The Labute approximate surface area is 121 Å². The van der Waals surface area contributed by atoms with Gasteiger partial charge in [0.25, 0.3) is 0 Å². The van der Waals surface area contributed by atoms with Crippen LogP contribution in [0.15, 0.2) is 0 Å². The summed E-state index contributed by atoms with van der Waals surface area (Å²) in [5, 5.41) is 12.6. The van der Waals surface area contributed by atoms with Gasteiger partial charge in [0.05, 0.1) is 5.37 Å². The van der Waals surface area contributed by atoms with E-state index in [0.717, 1.165) is 18.6 Å². The van der Waals surface area contributed by atoms with Gasteiger partial charge in [-0.3, -0.25) is 10.1 Å². The molecule has 0 aromatic carbocycles. The van der Waals surface area contributed by atoms with Crippen molar-refractivity contribution in [3.8, 4) is 0 Å². The lowest BCUT2D eigenvalue weighted by Gasteiger charge is -2.28. The zero-order valence-corrected chi connectivity index (χ0v) is 13.0. The number of carbonyl (C=O) groups is 1. The average molecular weight is 287 g/mol. The van der Waals surface area contributed by atoms with E-state index in [1.54, 1.807) is 0 Å². The highest BCUT2D eigenvalue weighted by atomic mass is 32.2. The zero-order chi connectivity index (χ0) is 13.9. The van der Waals surface area contributed by atoms with Gasteiger partial charge in [0.1, 0.15) is 6.04 Å². The molecule has 0 saturated carbocycles. The molecular weight excluding hydrogens is 258 g/mol. The minimum atomic E-state index is -0.693. The molecule has 1 saturated heterocycles. The van der Waals surface area contributed by atoms with E-state index in [0.29, 0.717) is 5.37 Å². The maximum atomic E-state index is 10.9. The maximum Gasteiger partial charge on any atom is 0.320 e. The molecule has 0 radical (unpaired) electrons. The Kier molecular flexibility index (Phi) is 9.35. The van der Waals surface area contributed by atoms with Gasteiger partial charge in [-0.05, 0) is 18.6 Å². The largest absolute Gasteiger partial charge is 0.480 e. The summed E-state index contributed by atoms with van der Waals surface area (Å²) in [6.07, 6.45) is 12.5. The van der Waals surface area contributed by atoms with Crippen LogP contribution in [-0.4, -0.2) is 28.2 Å². The number of carboxylic acids is 1. The lowest BCUT2D eigenvalue weighted by atomic mass is 10.1. The van der Waals surface area contributed by atoms with Crippen LogP contribution in [0, 0.1) is 0 Å². The molecule has 1 fully saturated rings. The summed E-state index contributed by atoms with van der Waals surface area (Å²) < 4.78 is 0. The van der Waals surface area contributed by atoms with Crippen LogP contribution in [0.25, 0.3) is 0 Å². The van der Waals surface area contributed by atoms with Crippen LogP contribution in [0.5, 0.6) is 0 Å². The fourth-order valence-electron chi connectivity index (χ4n) is 2.51. The summed E-state index contributed by atoms with van der Waals surface area (Å²) in [5.74, 6) is 0.285. The molecule has 1 aliphatic rings. The molecule has 2 atom stereocenters. The summed E-state index contributed by atoms with van der Waals surface area (Å²) in [6.45, 7) is 2.25. The fraction of sp³-hybridized carbons (Fsp3) is 0.933. The van der Waals surface area contributed by atoms with Gasteiger partial charge in [-0.25, -0.2) is 0 Å². The summed E-state index contributed by atoms with van der Waals surface area (Å²) in [4.78, 5) is 10.9. The first-order chi connectivity index (χ1) is 9.24. The second-order valence-corrected chi connectivity index (χ2v) is 6.78. The lowest BCUT2D eigenvalue weighted by Crippen LogP contribution is -2.45. The Morgan fingerprint density at radius 1 is 1.16 bits per heavy atom. The van der Waals surface area contributed by atoms with E-state index in [9.17, 15) is 4.79 Å². The van der Waals surface area contributed by atoms with E-state index in [2.05, 4.69) is 12.2 Å². The highest BCUT2D eigenvalue weighted by molar-refractivity contribution is 7.99. The number of unbranched alkanes of at least 4 members (excludes halogenated alkanes) is 7. The van der Waals surface area contributed by atoms with E-state index in [4.69, 9.17) is 5.11 Å². The molecule has 1 heterocycles. The van der Waals surface area contributed by atoms with E-state index in [1.165, 1.54) is 51.4 Å². The number of thioether (sulfide) groups is 1. The van der Waals surface area contributed by atoms with Gasteiger partial charge in [0.15, 0.2) is 0 Å². The topological polar surface area (TPSA) is 49.3 Å². The van der Waals surface area contributed by atoms with Gasteiger partial charge in [-0.1, -0.05) is 58.3 Å². The standard InChI is InChI=1S/C15H29NO2S/c1-2-3-4-5-6-7-8-9-10-14-16-13(15(17)18)11-12-19-14/h13-14,16H,2-12H2,1H3,(H,17,18)/t13-,14+/m1/s1. The van der Waals surface area contributed by atoms with Crippen LogP contribution in [0.4, 0.5) is 0 Å². The van der Waals surface area contributed by atoms with Crippen molar-refractivity contribution in [1.29, 1.82) is 0 Å². The Morgan fingerprint density at radius 2 is 1.79 bits per heavy atom. The van der Waals surface area contributed by atoms with E-state index < -0.39 is 5.97 Å². The molecule has 0 aromatic heterocycles. The summed E-state index contributed by atoms with van der Waals surface area (Å²) in [6, 6.07) is -0.319. The van der Waals surface area contributed by atoms with Crippen molar-refractivity contribution in [3.63, 3.8) is 0 Å². The third kappa shape index (κ3) is 7.83. The number of hydrogen-bond donors (Lipinski definition) is 2. The molecule has 19 heavy (non-hydrogen) atoms. The van der Waals surface area contributed by atoms with Gasteiger partial charge >= 0.3 is 5.97 Å². The van der Waals surface area contributed by atoms with E-state index in [-0.39, 0.29) is 6.04 Å². The van der Waals surface area contributed by atoms with Crippen LogP contribution in [0.1, 0.15) is 71.1 Å².